The van der Waals surface area contributed by atoms with Crippen LogP contribution in [-0.2, 0) is 6.54 Å². The molecule has 0 spiro atoms. The lowest BCUT2D eigenvalue weighted by Crippen LogP contribution is -2.22. The number of carboxylic acids is 1. The molecule has 1 unspecified atom stereocenters. The van der Waals surface area contributed by atoms with Crippen LogP contribution in [0.15, 0.2) is 16.7 Å². The number of aromatic carboxylic acids is 1. The molecule has 0 radical (unpaired) electrons. The van der Waals surface area contributed by atoms with Crippen molar-refractivity contribution in [3.05, 3.63) is 23.7 Å². The highest BCUT2D eigenvalue weighted by atomic mass is 16.4. The van der Waals surface area contributed by atoms with Crippen LogP contribution in [0.1, 0.15) is 55.6 Å². The van der Waals surface area contributed by atoms with Gasteiger partial charge in [0.25, 0.3) is 0 Å². The van der Waals surface area contributed by atoms with Crippen LogP contribution in [0.3, 0.4) is 0 Å². The Morgan fingerprint density at radius 2 is 2.28 bits per heavy atom. The summed E-state index contributed by atoms with van der Waals surface area (Å²) in [5.41, 5.74) is 0.213. The first-order chi connectivity index (χ1) is 8.67. The first kappa shape index (κ1) is 14.8. The van der Waals surface area contributed by atoms with Gasteiger partial charge in [0.1, 0.15) is 12.0 Å². The van der Waals surface area contributed by atoms with Crippen molar-refractivity contribution in [2.75, 3.05) is 6.54 Å². The van der Waals surface area contributed by atoms with Gasteiger partial charge in [-0.2, -0.15) is 0 Å². The van der Waals surface area contributed by atoms with Crippen molar-refractivity contribution in [2.45, 2.75) is 46.1 Å². The first-order valence-electron chi connectivity index (χ1n) is 6.68. The largest absolute Gasteiger partial charge is 0.478 e. The Kier molecular flexibility index (Phi) is 6.50. The molecule has 0 aromatic carbocycles. The van der Waals surface area contributed by atoms with Crippen LogP contribution >= 0.6 is 0 Å². The minimum atomic E-state index is -0.945. The molecule has 102 valence electrons. The van der Waals surface area contributed by atoms with Gasteiger partial charge in [0.2, 0.25) is 0 Å². The van der Waals surface area contributed by atoms with Crippen molar-refractivity contribution in [1.82, 2.24) is 5.32 Å². The molecule has 0 aliphatic rings. The van der Waals surface area contributed by atoms with E-state index in [1.54, 1.807) is 6.07 Å². The highest BCUT2D eigenvalue weighted by Crippen LogP contribution is 2.12. The number of unbranched alkanes of at least 4 members (excludes halogenated alkanes) is 1. The molecule has 1 atom stereocenters. The Bertz CT molecular complexity index is 360. The number of hydrogen-bond donors (Lipinski definition) is 2. The number of carbonyl (C=O) groups is 1. The van der Waals surface area contributed by atoms with Gasteiger partial charge >= 0.3 is 5.97 Å². The van der Waals surface area contributed by atoms with Crippen LogP contribution in [0.5, 0.6) is 0 Å². The number of rotatable bonds is 9. The molecule has 0 bridgehead atoms. The average molecular weight is 253 g/mol. The minimum absolute atomic E-state index is 0.213. The summed E-state index contributed by atoms with van der Waals surface area (Å²) in [7, 11) is 0. The molecular formula is C14H23NO3. The van der Waals surface area contributed by atoms with Gasteiger partial charge in [-0.3, -0.25) is 0 Å². The zero-order chi connectivity index (χ0) is 13.4. The third-order valence-electron chi connectivity index (χ3n) is 3.18. The van der Waals surface area contributed by atoms with Gasteiger partial charge in [-0.15, -0.1) is 0 Å². The zero-order valence-electron chi connectivity index (χ0n) is 11.2. The molecular weight excluding hydrogens is 230 g/mol. The molecule has 0 saturated carbocycles. The maximum absolute atomic E-state index is 10.7. The number of furan rings is 1. The summed E-state index contributed by atoms with van der Waals surface area (Å²) < 4.78 is 5.18. The molecule has 1 aromatic heterocycles. The van der Waals surface area contributed by atoms with E-state index in [2.05, 4.69) is 19.2 Å². The monoisotopic (exact) mass is 253 g/mol. The Morgan fingerprint density at radius 3 is 2.83 bits per heavy atom. The van der Waals surface area contributed by atoms with E-state index in [9.17, 15) is 4.79 Å². The molecule has 0 fully saturated rings. The average Bonchev–Trinajstić information content (AvgIpc) is 2.82. The van der Waals surface area contributed by atoms with Crippen LogP contribution in [0, 0.1) is 5.92 Å². The van der Waals surface area contributed by atoms with Crippen molar-refractivity contribution >= 4 is 5.97 Å². The highest BCUT2D eigenvalue weighted by Gasteiger charge is 2.09. The van der Waals surface area contributed by atoms with E-state index in [1.165, 1.54) is 31.9 Å². The maximum atomic E-state index is 10.7. The summed E-state index contributed by atoms with van der Waals surface area (Å²) in [5.74, 6) is 0.427. The molecule has 0 saturated heterocycles. The van der Waals surface area contributed by atoms with Crippen molar-refractivity contribution in [3.8, 4) is 0 Å². The Morgan fingerprint density at radius 1 is 1.50 bits per heavy atom. The van der Waals surface area contributed by atoms with Crippen molar-refractivity contribution in [1.29, 1.82) is 0 Å². The normalized spacial score (nSPS) is 12.6. The third-order valence-corrected chi connectivity index (χ3v) is 3.18. The van der Waals surface area contributed by atoms with Gasteiger partial charge in [0, 0.05) is 0 Å². The lowest BCUT2D eigenvalue weighted by Gasteiger charge is -2.14. The van der Waals surface area contributed by atoms with E-state index in [0.717, 1.165) is 6.54 Å². The van der Waals surface area contributed by atoms with Crippen molar-refractivity contribution in [3.63, 3.8) is 0 Å². The molecule has 0 aliphatic carbocycles. The molecule has 2 N–H and O–H groups in total. The second kappa shape index (κ2) is 7.93. The predicted octanol–water partition coefficient (Wildman–Crippen LogP) is 3.28. The van der Waals surface area contributed by atoms with Crippen LogP contribution < -0.4 is 5.32 Å². The summed E-state index contributed by atoms with van der Waals surface area (Å²) in [4.78, 5) is 10.7. The molecule has 18 heavy (non-hydrogen) atoms. The zero-order valence-corrected chi connectivity index (χ0v) is 11.2. The molecule has 1 rings (SSSR count). The van der Waals surface area contributed by atoms with Crippen LogP contribution in [0.25, 0.3) is 0 Å². The van der Waals surface area contributed by atoms with Gasteiger partial charge in [0.05, 0.1) is 12.1 Å². The fraction of sp³-hybridized carbons (Fsp3) is 0.643. The Balaban J connectivity index is 2.28. The topological polar surface area (TPSA) is 62.5 Å². The highest BCUT2D eigenvalue weighted by molar-refractivity contribution is 5.87. The molecule has 1 aromatic rings. The van der Waals surface area contributed by atoms with E-state index in [0.29, 0.717) is 18.2 Å². The fourth-order valence-corrected chi connectivity index (χ4v) is 1.93. The van der Waals surface area contributed by atoms with Gasteiger partial charge in [0.15, 0.2) is 0 Å². The van der Waals surface area contributed by atoms with Crippen molar-refractivity contribution in [2.24, 2.45) is 5.92 Å². The van der Waals surface area contributed by atoms with Gasteiger partial charge < -0.3 is 14.8 Å². The van der Waals surface area contributed by atoms with E-state index < -0.39 is 5.97 Å². The van der Waals surface area contributed by atoms with Gasteiger partial charge in [-0.25, -0.2) is 4.79 Å². The standard InChI is InChI=1S/C14H23NO3/c1-3-5-6-11(4-2)8-15-9-13-7-12(10-18-13)14(16)17/h7,10-11,15H,3-6,8-9H2,1-2H3,(H,16,17). The maximum Gasteiger partial charge on any atom is 0.338 e. The second-order valence-corrected chi connectivity index (χ2v) is 4.65. The van der Waals surface area contributed by atoms with E-state index in [4.69, 9.17) is 9.52 Å². The van der Waals surface area contributed by atoms with Crippen LogP contribution in [0.4, 0.5) is 0 Å². The SMILES string of the molecule is CCCCC(CC)CNCc1cc(C(=O)O)co1. The number of nitrogens with one attached hydrogen (secondary N) is 1. The number of carboxylic acid groups (broad SMARTS) is 1. The molecule has 1 heterocycles. The fourth-order valence-electron chi connectivity index (χ4n) is 1.93. The summed E-state index contributed by atoms with van der Waals surface area (Å²) in [6.45, 7) is 5.96. The van der Waals surface area contributed by atoms with Crippen molar-refractivity contribution < 1.29 is 14.3 Å². The summed E-state index contributed by atoms with van der Waals surface area (Å²) in [6.07, 6.45) is 6.21. The van der Waals surface area contributed by atoms with Crippen LogP contribution in [0.2, 0.25) is 0 Å². The first-order valence-corrected chi connectivity index (χ1v) is 6.68. The quantitative estimate of drug-likeness (QED) is 0.709. The third kappa shape index (κ3) is 4.92. The van der Waals surface area contributed by atoms with Gasteiger partial charge in [-0.05, 0) is 24.9 Å². The second-order valence-electron chi connectivity index (χ2n) is 4.65. The van der Waals surface area contributed by atoms with E-state index >= 15 is 0 Å². The number of hydrogen-bond acceptors (Lipinski definition) is 3. The van der Waals surface area contributed by atoms with E-state index in [-0.39, 0.29) is 5.56 Å². The Labute approximate surface area is 108 Å². The Hall–Kier alpha value is -1.29. The summed E-state index contributed by atoms with van der Waals surface area (Å²) >= 11 is 0. The smallest absolute Gasteiger partial charge is 0.338 e. The van der Waals surface area contributed by atoms with Crippen LogP contribution in [-0.4, -0.2) is 17.6 Å². The lowest BCUT2D eigenvalue weighted by molar-refractivity contribution is 0.0696. The minimum Gasteiger partial charge on any atom is -0.478 e. The summed E-state index contributed by atoms with van der Waals surface area (Å²) in [5, 5.41) is 12.1. The summed E-state index contributed by atoms with van der Waals surface area (Å²) in [6, 6.07) is 1.57. The van der Waals surface area contributed by atoms with E-state index in [1.807, 2.05) is 0 Å². The molecule has 4 heteroatoms. The molecule has 0 aliphatic heterocycles. The lowest BCUT2D eigenvalue weighted by atomic mass is 9.99. The predicted molar refractivity (Wildman–Crippen MR) is 70.7 cm³/mol. The van der Waals surface area contributed by atoms with Gasteiger partial charge in [-0.1, -0.05) is 33.1 Å². The molecule has 4 nitrogen and oxygen atoms in total. The molecule has 0 amide bonds.